The van der Waals surface area contributed by atoms with Gasteiger partial charge in [-0.1, -0.05) is 412 Å². The van der Waals surface area contributed by atoms with E-state index < -0.39 is 6.10 Å². The lowest BCUT2D eigenvalue weighted by molar-refractivity contribution is -0.167. The molecule has 1 atom stereocenters. The molecule has 0 heterocycles. The van der Waals surface area contributed by atoms with Crippen molar-refractivity contribution < 1.29 is 28.6 Å². The van der Waals surface area contributed by atoms with Gasteiger partial charge in [-0.2, -0.15) is 0 Å². The highest BCUT2D eigenvalue weighted by atomic mass is 16.6. The number of hydrogen-bond acceptors (Lipinski definition) is 6. The SMILES string of the molecule is CCCCCCCCCCCCCCCCCCCCCCCCCCCCCCCCCC(=O)OCC(COC(=O)CCCCCCCCCC)OC(=O)CCCCCCCCCCCCCCCCCCCCCCCCCCC. The first kappa shape index (κ1) is 80.4. The summed E-state index contributed by atoms with van der Waals surface area (Å²) >= 11 is 0. The van der Waals surface area contributed by atoms with Gasteiger partial charge in [0.25, 0.3) is 0 Å². The van der Waals surface area contributed by atoms with Gasteiger partial charge in [-0.15, -0.1) is 0 Å². The van der Waals surface area contributed by atoms with Crippen LogP contribution in [0.3, 0.4) is 0 Å². The van der Waals surface area contributed by atoms with Crippen molar-refractivity contribution in [1.29, 1.82) is 0 Å². The summed E-state index contributed by atoms with van der Waals surface area (Å²) in [6.45, 7) is 6.71. The van der Waals surface area contributed by atoms with Crippen molar-refractivity contribution in [2.75, 3.05) is 13.2 Å². The van der Waals surface area contributed by atoms with Gasteiger partial charge in [0.2, 0.25) is 0 Å². The van der Waals surface area contributed by atoms with Crippen LogP contribution in [-0.2, 0) is 28.6 Å². The third-order valence-corrected chi connectivity index (χ3v) is 17.9. The molecule has 0 amide bonds. The lowest BCUT2D eigenvalue weighted by Gasteiger charge is -2.18. The van der Waals surface area contributed by atoms with E-state index in [1.54, 1.807) is 0 Å². The zero-order valence-electron chi connectivity index (χ0n) is 56.3. The van der Waals surface area contributed by atoms with Crippen LogP contribution in [0.2, 0.25) is 0 Å². The predicted octanol–water partition coefficient (Wildman–Crippen LogP) is 26.2. The molecule has 0 aliphatic carbocycles. The highest BCUT2D eigenvalue weighted by Crippen LogP contribution is 2.20. The molecule has 82 heavy (non-hydrogen) atoms. The third kappa shape index (κ3) is 69.2. The fraction of sp³-hybridized carbons (Fsp3) is 0.961. The molecule has 0 saturated heterocycles. The summed E-state index contributed by atoms with van der Waals surface area (Å²) in [6.07, 6.45) is 86.2. The van der Waals surface area contributed by atoms with Crippen LogP contribution >= 0.6 is 0 Å². The van der Waals surface area contributed by atoms with Crippen molar-refractivity contribution in [3.8, 4) is 0 Å². The summed E-state index contributed by atoms with van der Waals surface area (Å²) < 4.78 is 17.0. The maximum Gasteiger partial charge on any atom is 0.306 e. The molecule has 0 aromatic carbocycles. The average molecular weight is 1160 g/mol. The topological polar surface area (TPSA) is 78.9 Å². The lowest BCUT2D eigenvalue weighted by Crippen LogP contribution is -2.30. The van der Waals surface area contributed by atoms with Crippen LogP contribution in [0.15, 0.2) is 0 Å². The molecule has 0 aromatic heterocycles. The fourth-order valence-electron chi connectivity index (χ4n) is 12.2. The van der Waals surface area contributed by atoms with Crippen LogP contribution < -0.4 is 0 Å². The molecule has 0 aliphatic heterocycles. The number of ether oxygens (including phenoxy) is 3. The van der Waals surface area contributed by atoms with Crippen molar-refractivity contribution in [2.24, 2.45) is 0 Å². The minimum atomic E-state index is -0.763. The van der Waals surface area contributed by atoms with Gasteiger partial charge in [0.05, 0.1) is 0 Å². The van der Waals surface area contributed by atoms with Crippen LogP contribution in [0.25, 0.3) is 0 Å². The summed E-state index contributed by atoms with van der Waals surface area (Å²) in [5.41, 5.74) is 0. The predicted molar refractivity (Wildman–Crippen MR) is 358 cm³/mol. The molecule has 6 nitrogen and oxygen atoms in total. The minimum Gasteiger partial charge on any atom is -0.462 e. The van der Waals surface area contributed by atoms with Crippen LogP contribution in [0.4, 0.5) is 0 Å². The summed E-state index contributed by atoms with van der Waals surface area (Å²) in [6, 6.07) is 0. The number of esters is 3. The van der Waals surface area contributed by atoms with Gasteiger partial charge < -0.3 is 14.2 Å². The maximum atomic E-state index is 12.9. The molecular formula is C76H148O6. The molecule has 0 radical (unpaired) electrons. The molecule has 0 aromatic rings. The van der Waals surface area contributed by atoms with Crippen LogP contribution in [0, 0.1) is 0 Å². The summed E-state index contributed by atoms with van der Waals surface area (Å²) in [5, 5.41) is 0. The molecule has 0 saturated carbocycles. The van der Waals surface area contributed by atoms with E-state index >= 15 is 0 Å². The number of rotatable bonds is 72. The second-order valence-corrected chi connectivity index (χ2v) is 26.3. The van der Waals surface area contributed by atoms with E-state index in [0.29, 0.717) is 19.3 Å². The van der Waals surface area contributed by atoms with Gasteiger partial charge in [0.1, 0.15) is 13.2 Å². The standard InChI is InChI=1S/C76H148O6/c1-4-7-10-13-16-19-21-23-25-27-29-31-33-35-36-37-38-39-40-42-43-45-47-49-51-53-55-57-60-63-66-69-75(78)81-72-73(71-80-74(77)68-65-62-59-18-15-12-9-6-3)82-76(79)70-67-64-61-58-56-54-52-50-48-46-44-41-34-32-30-28-26-24-22-20-17-14-11-8-5-2/h73H,4-72H2,1-3H3. The summed E-state index contributed by atoms with van der Waals surface area (Å²) in [4.78, 5) is 38.3. The molecule has 0 bridgehead atoms. The van der Waals surface area contributed by atoms with Crippen molar-refractivity contribution >= 4 is 17.9 Å². The third-order valence-electron chi connectivity index (χ3n) is 17.9. The molecule has 0 rings (SSSR count). The molecular weight excluding hydrogens is 1010 g/mol. The van der Waals surface area contributed by atoms with E-state index in [4.69, 9.17) is 14.2 Å². The van der Waals surface area contributed by atoms with Gasteiger partial charge in [0.15, 0.2) is 6.10 Å². The van der Waals surface area contributed by atoms with Crippen LogP contribution in [-0.4, -0.2) is 37.2 Å². The minimum absolute atomic E-state index is 0.0608. The molecule has 0 N–H and O–H groups in total. The Morgan fingerprint density at radius 1 is 0.195 bits per heavy atom. The van der Waals surface area contributed by atoms with Gasteiger partial charge in [-0.3, -0.25) is 14.4 Å². The average Bonchev–Trinajstić information content (AvgIpc) is 3.47. The van der Waals surface area contributed by atoms with Gasteiger partial charge in [-0.05, 0) is 19.3 Å². The van der Waals surface area contributed by atoms with Gasteiger partial charge in [-0.25, -0.2) is 0 Å². The zero-order valence-corrected chi connectivity index (χ0v) is 56.3. The van der Waals surface area contributed by atoms with E-state index in [0.717, 1.165) is 57.8 Å². The van der Waals surface area contributed by atoms with E-state index in [1.807, 2.05) is 0 Å². The number of hydrogen-bond donors (Lipinski definition) is 0. The van der Waals surface area contributed by atoms with Crippen molar-refractivity contribution in [2.45, 2.75) is 457 Å². The molecule has 0 aliphatic rings. The first-order valence-corrected chi connectivity index (χ1v) is 38.0. The van der Waals surface area contributed by atoms with E-state index in [9.17, 15) is 14.4 Å². The molecule has 488 valence electrons. The molecule has 0 spiro atoms. The molecule has 0 fully saturated rings. The van der Waals surface area contributed by atoms with Crippen LogP contribution in [0.5, 0.6) is 0 Å². The number of carbonyl (C=O) groups is 3. The highest BCUT2D eigenvalue weighted by Gasteiger charge is 2.20. The molecule has 1 unspecified atom stereocenters. The fourth-order valence-corrected chi connectivity index (χ4v) is 12.2. The first-order valence-electron chi connectivity index (χ1n) is 38.0. The Morgan fingerprint density at radius 2 is 0.329 bits per heavy atom. The lowest BCUT2D eigenvalue weighted by atomic mass is 10.0. The maximum absolute atomic E-state index is 12.9. The van der Waals surface area contributed by atoms with Gasteiger partial charge >= 0.3 is 17.9 Å². The second-order valence-electron chi connectivity index (χ2n) is 26.3. The quantitative estimate of drug-likeness (QED) is 0.0343. The van der Waals surface area contributed by atoms with E-state index in [2.05, 4.69) is 20.8 Å². The zero-order chi connectivity index (χ0) is 59.2. The largest absolute Gasteiger partial charge is 0.462 e. The number of carbonyl (C=O) groups excluding carboxylic acids is 3. The van der Waals surface area contributed by atoms with E-state index in [-0.39, 0.29) is 31.1 Å². The highest BCUT2D eigenvalue weighted by molar-refractivity contribution is 5.71. The Morgan fingerprint density at radius 3 is 0.488 bits per heavy atom. The first-order chi connectivity index (χ1) is 40.5. The normalized spacial score (nSPS) is 11.9. The van der Waals surface area contributed by atoms with Crippen LogP contribution in [0.1, 0.15) is 451 Å². The van der Waals surface area contributed by atoms with Gasteiger partial charge in [0, 0.05) is 19.3 Å². The smallest absolute Gasteiger partial charge is 0.306 e. The molecule has 6 heteroatoms. The number of unbranched alkanes of at least 4 members (excludes halogenated alkanes) is 61. The second kappa shape index (κ2) is 71.9. The Balaban J connectivity index is 3.97. The van der Waals surface area contributed by atoms with Crippen molar-refractivity contribution in [3.05, 3.63) is 0 Å². The monoisotopic (exact) mass is 1160 g/mol. The van der Waals surface area contributed by atoms with Crippen molar-refractivity contribution in [3.63, 3.8) is 0 Å². The Kier molecular flexibility index (Phi) is 70.5. The van der Waals surface area contributed by atoms with E-state index in [1.165, 1.54) is 353 Å². The van der Waals surface area contributed by atoms with Crippen molar-refractivity contribution in [1.82, 2.24) is 0 Å². The Labute approximate surface area is 514 Å². The summed E-state index contributed by atoms with van der Waals surface area (Å²) in [7, 11) is 0. The Hall–Kier alpha value is -1.59. The summed E-state index contributed by atoms with van der Waals surface area (Å²) in [5.74, 6) is -0.827. The Bertz CT molecular complexity index is 1240.